The third-order valence-corrected chi connectivity index (χ3v) is 3.61. The predicted octanol–water partition coefficient (Wildman–Crippen LogP) is 3.43. The summed E-state index contributed by atoms with van der Waals surface area (Å²) in [6, 6.07) is 0. The van der Waals surface area contributed by atoms with Crippen LogP contribution in [0, 0.1) is 0 Å². The minimum absolute atomic E-state index is 0.455. The van der Waals surface area contributed by atoms with E-state index in [9.17, 15) is 30.9 Å². The number of halogens is 6. The Balaban J connectivity index is 4.68. The fraction of sp³-hybridized carbons (Fsp3) is 1.00. The molecule has 0 spiro atoms. The Labute approximate surface area is 82.0 Å². The Morgan fingerprint density at radius 3 is 1.53 bits per heavy atom. The Bertz CT molecular complexity index is 225. The highest BCUT2D eigenvalue weighted by molar-refractivity contribution is 7.59. The highest BCUT2D eigenvalue weighted by Gasteiger charge is 2.46. The summed E-state index contributed by atoms with van der Waals surface area (Å²) in [5, 5.41) is 0. The molecule has 0 bridgehead atoms. The van der Waals surface area contributed by atoms with Gasteiger partial charge in [0.05, 0.1) is 6.61 Å². The molecule has 0 fully saturated rings. The minimum Gasteiger partial charge on any atom is -0.328 e. The predicted molar refractivity (Wildman–Crippen MR) is 41.1 cm³/mol. The van der Waals surface area contributed by atoms with Crippen LogP contribution in [-0.4, -0.2) is 31.3 Å². The molecule has 0 saturated carbocycles. The summed E-state index contributed by atoms with van der Waals surface area (Å²) in [6.45, 7) is 0.725. The van der Waals surface area contributed by atoms with E-state index in [4.69, 9.17) is 0 Å². The van der Waals surface area contributed by atoms with Crippen LogP contribution in [-0.2, 0) is 9.09 Å². The minimum atomic E-state index is -4.93. The molecular formula is C6H9F6O2P. The molecule has 0 aliphatic heterocycles. The van der Waals surface area contributed by atoms with Gasteiger partial charge in [-0.2, -0.15) is 26.3 Å². The van der Waals surface area contributed by atoms with E-state index < -0.39 is 38.7 Å². The van der Waals surface area contributed by atoms with Gasteiger partial charge in [0.15, 0.2) is 0 Å². The maximum atomic E-state index is 11.8. The lowest BCUT2D eigenvalue weighted by molar-refractivity contribution is -0.115. The van der Waals surface area contributed by atoms with Gasteiger partial charge in [0.1, 0.15) is 12.3 Å². The molecule has 92 valence electrons. The van der Waals surface area contributed by atoms with Gasteiger partial charge in [-0.3, -0.25) is 4.57 Å². The molecule has 0 saturated heterocycles. The van der Waals surface area contributed by atoms with Gasteiger partial charge in [-0.15, -0.1) is 0 Å². The Morgan fingerprint density at radius 1 is 1.00 bits per heavy atom. The van der Waals surface area contributed by atoms with Crippen LogP contribution in [0.3, 0.4) is 0 Å². The van der Waals surface area contributed by atoms with E-state index in [1.807, 2.05) is 0 Å². The van der Waals surface area contributed by atoms with E-state index in [-0.39, 0.29) is 0 Å². The standard InChI is InChI=1S/C6H9F6O2P/c1-2-14-15(13,3-5(7,8)9)4-6(10,11)12/h2-4H2,1H3. The van der Waals surface area contributed by atoms with Crippen LogP contribution >= 0.6 is 7.37 Å². The number of hydrogen-bond donors (Lipinski definition) is 0. The van der Waals surface area contributed by atoms with Crippen molar-refractivity contribution in [2.75, 3.05) is 18.9 Å². The van der Waals surface area contributed by atoms with Crippen molar-refractivity contribution < 1.29 is 35.4 Å². The van der Waals surface area contributed by atoms with Crippen LogP contribution in [0.5, 0.6) is 0 Å². The first kappa shape index (κ1) is 14.8. The summed E-state index contributed by atoms with van der Waals surface area (Å²) in [7, 11) is -4.71. The Morgan fingerprint density at radius 2 is 1.33 bits per heavy atom. The van der Waals surface area contributed by atoms with Crippen molar-refractivity contribution in [1.82, 2.24) is 0 Å². The highest BCUT2D eigenvalue weighted by atomic mass is 31.2. The molecule has 0 N–H and O–H groups in total. The zero-order valence-electron chi connectivity index (χ0n) is 7.65. The summed E-state index contributed by atoms with van der Waals surface area (Å²) in [5.41, 5.74) is 0. The zero-order valence-corrected chi connectivity index (χ0v) is 8.55. The SMILES string of the molecule is CCOP(=O)(CC(F)(F)F)CC(F)(F)F. The summed E-state index contributed by atoms with van der Waals surface area (Å²) in [5.74, 6) is 0. The smallest absolute Gasteiger partial charge is 0.328 e. The number of rotatable bonds is 4. The van der Waals surface area contributed by atoms with Crippen molar-refractivity contribution in [2.24, 2.45) is 0 Å². The molecule has 0 aromatic heterocycles. The molecule has 0 aromatic rings. The highest BCUT2D eigenvalue weighted by Crippen LogP contribution is 2.54. The first-order chi connectivity index (χ1) is 6.47. The molecule has 0 aromatic carbocycles. The molecule has 2 nitrogen and oxygen atoms in total. The zero-order chi connectivity index (χ0) is 12.3. The molecule has 0 atom stereocenters. The van der Waals surface area contributed by atoms with Gasteiger partial charge in [-0.25, -0.2) is 0 Å². The molecule has 0 rings (SSSR count). The summed E-state index contributed by atoms with van der Waals surface area (Å²) < 4.78 is 86.3. The van der Waals surface area contributed by atoms with Crippen LogP contribution < -0.4 is 0 Å². The van der Waals surface area contributed by atoms with Crippen molar-refractivity contribution in [3.63, 3.8) is 0 Å². The summed E-state index contributed by atoms with van der Waals surface area (Å²) in [4.78, 5) is 0. The van der Waals surface area contributed by atoms with Crippen LogP contribution in [0.4, 0.5) is 26.3 Å². The second-order valence-electron chi connectivity index (χ2n) is 2.78. The Hall–Kier alpha value is -0.230. The van der Waals surface area contributed by atoms with Gasteiger partial charge in [-0.1, -0.05) is 0 Å². The monoisotopic (exact) mass is 258 g/mol. The Kier molecular flexibility index (Phi) is 4.67. The van der Waals surface area contributed by atoms with Crippen LogP contribution in [0.1, 0.15) is 6.92 Å². The lowest BCUT2D eigenvalue weighted by Gasteiger charge is -2.20. The third-order valence-electron chi connectivity index (χ3n) is 1.20. The molecule has 0 unspecified atom stereocenters. The molecule has 9 heteroatoms. The van der Waals surface area contributed by atoms with E-state index in [2.05, 4.69) is 4.52 Å². The maximum absolute atomic E-state index is 11.8. The molecule has 0 aliphatic rings. The normalized spacial score (nSPS) is 14.3. The largest absolute Gasteiger partial charge is 0.398 e. The fourth-order valence-electron chi connectivity index (χ4n) is 0.929. The maximum Gasteiger partial charge on any atom is 0.398 e. The lowest BCUT2D eigenvalue weighted by Crippen LogP contribution is -2.23. The van der Waals surface area contributed by atoms with Crippen molar-refractivity contribution in [3.05, 3.63) is 0 Å². The van der Waals surface area contributed by atoms with Gasteiger partial charge < -0.3 is 4.52 Å². The molecule has 15 heavy (non-hydrogen) atoms. The fourth-order valence-corrected chi connectivity index (χ4v) is 2.79. The van der Waals surface area contributed by atoms with Gasteiger partial charge in [0.25, 0.3) is 0 Å². The van der Waals surface area contributed by atoms with Crippen LogP contribution in [0.25, 0.3) is 0 Å². The summed E-state index contributed by atoms with van der Waals surface area (Å²) >= 11 is 0. The van der Waals surface area contributed by atoms with Crippen LogP contribution in [0.15, 0.2) is 0 Å². The average Bonchev–Trinajstić information content (AvgIpc) is 1.74. The topological polar surface area (TPSA) is 26.3 Å². The molecular weight excluding hydrogens is 249 g/mol. The van der Waals surface area contributed by atoms with Crippen LogP contribution in [0.2, 0.25) is 0 Å². The molecule has 0 radical (unpaired) electrons. The van der Waals surface area contributed by atoms with Crippen molar-refractivity contribution in [1.29, 1.82) is 0 Å². The second-order valence-corrected chi connectivity index (χ2v) is 5.30. The van der Waals surface area contributed by atoms with Gasteiger partial charge in [0, 0.05) is 0 Å². The molecule has 0 aliphatic carbocycles. The number of alkyl halides is 6. The van der Waals surface area contributed by atoms with Gasteiger partial charge in [-0.05, 0) is 6.92 Å². The number of hydrogen-bond acceptors (Lipinski definition) is 2. The van der Waals surface area contributed by atoms with Crippen molar-refractivity contribution in [3.8, 4) is 0 Å². The van der Waals surface area contributed by atoms with E-state index in [1.54, 1.807) is 0 Å². The first-order valence-corrected chi connectivity index (χ1v) is 5.83. The third kappa shape index (κ3) is 7.67. The van der Waals surface area contributed by atoms with Gasteiger partial charge >= 0.3 is 12.4 Å². The molecule has 0 amide bonds. The summed E-state index contributed by atoms with van der Waals surface area (Å²) in [6.07, 6.45) is -14.0. The van der Waals surface area contributed by atoms with E-state index in [0.717, 1.165) is 0 Å². The van der Waals surface area contributed by atoms with E-state index in [0.29, 0.717) is 0 Å². The average molecular weight is 258 g/mol. The molecule has 0 heterocycles. The van der Waals surface area contributed by atoms with Gasteiger partial charge in [0.2, 0.25) is 7.37 Å². The lowest BCUT2D eigenvalue weighted by atomic mass is 10.8. The van der Waals surface area contributed by atoms with Crippen molar-refractivity contribution in [2.45, 2.75) is 19.3 Å². The second kappa shape index (κ2) is 4.74. The first-order valence-electron chi connectivity index (χ1n) is 3.83. The quantitative estimate of drug-likeness (QED) is 0.570. The van der Waals surface area contributed by atoms with E-state index in [1.165, 1.54) is 6.92 Å². The van der Waals surface area contributed by atoms with Crippen molar-refractivity contribution >= 4 is 7.37 Å². The van der Waals surface area contributed by atoms with E-state index >= 15 is 0 Å².